The lowest BCUT2D eigenvalue weighted by atomic mass is 9.40. The van der Waals surface area contributed by atoms with Crippen molar-refractivity contribution in [3.63, 3.8) is 0 Å². The molecule has 5 heterocycles. The van der Waals surface area contributed by atoms with Crippen molar-refractivity contribution in [2.75, 3.05) is 26.9 Å². The Labute approximate surface area is 466 Å². The maximum atomic E-state index is 14.4. The lowest BCUT2D eigenvalue weighted by Gasteiger charge is -2.64. The van der Waals surface area contributed by atoms with Gasteiger partial charge in [-0.25, -0.2) is 8.42 Å². The Kier molecular flexibility index (Phi) is 18.0. The summed E-state index contributed by atoms with van der Waals surface area (Å²) in [5.41, 5.74) is -1.14. The quantitative estimate of drug-likeness (QED) is 0.0386. The SMILES string of the molecule is COC1C(O)C(CO)OC(OC2C(O)C(CO)OC(OC3C(C)OC(OC4C(OC5CCC6(C)C7CC(O)C89C(=O)OC(C)(CCC=C(C)C)C8CCC9(C)C7=CCC6C5(C)C)OCC(OS(=O)(=O)[O-])C4O)C(O)C3O)C2O)C1O. The number of cyclic esters (lactones) is 1. The Bertz CT molecular complexity index is 2390. The minimum absolute atomic E-state index is 0.0623. The fraction of sp³-hybridized carbons (Fsp3) is 0.907. The molecule has 25 nitrogen and oxygen atoms in total. The number of hydrogen-bond acceptors (Lipinski definition) is 25. The Balaban J connectivity index is 0.908. The largest absolute Gasteiger partial charge is 0.726 e. The molecule has 26 heteroatoms. The Morgan fingerprint density at radius 1 is 0.738 bits per heavy atom. The number of aliphatic hydroxyl groups is 10. The summed E-state index contributed by atoms with van der Waals surface area (Å²) in [5.74, 6) is -0.635. The maximum absolute atomic E-state index is 14.4. The van der Waals surface area contributed by atoms with E-state index in [-0.39, 0.29) is 29.1 Å². The predicted molar refractivity (Wildman–Crippen MR) is 270 cm³/mol. The van der Waals surface area contributed by atoms with Crippen LogP contribution in [0.2, 0.25) is 0 Å². The third-order valence-corrected chi connectivity index (χ3v) is 20.8. The number of fused-ring (bicyclic) bond motifs is 4. The smallest absolute Gasteiger partial charge is 0.316 e. The zero-order valence-corrected chi connectivity index (χ0v) is 47.6. The van der Waals surface area contributed by atoms with E-state index < -0.39 is 181 Å². The summed E-state index contributed by atoms with van der Waals surface area (Å²) in [4.78, 5) is 14.4. The van der Waals surface area contributed by atoms with Gasteiger partial charge in [-0.15, -0.1) is 0 Å². The molecule has 8 fully saturated rings. The zero-order chi connectivity index (χ0) is 58.6. The third kappa shape index (κ3) is 10.5. The van der Waals surface area contributed by atoms with Gasteiger partial charge in [0.25, 0.3) is 0 Å². The fourth-order valence-electron chi connectivity index (χ4n) is 16.2. The standard InChI is InChI=1S/C54H86O25S/c1-23(2)11-10-16-53(8)31-14-18-52(7)25-12-13-30-50(4,5)33(15-17-51(30,6)26(25)19-32(57)54(31,52)49(65)78-53)74-48-44(36(60)29(22-70-48)79-80(66,67)68)77-45-38(62)37(61)41(24(3)71-45)75-47-40(64)43(35(59)28(21-56)73-47)76-46-39(63)42(69-9)34(58)27(20-55)72-46/h11-12,24,26-48,55-64H,10,13-22H2,1-9H3,(H,66,67,68)/p-1. The monoisotopic (exact) mass is 1170 g/mol. The molecular formula is C54H85O25S-. The molecule has 0 bridgehead atoms. The molecule has 0 aromatic heterocycles. The van der Waals surface area contributed by atoms with E-state index in [0.717, 1.165) is 19.3 Å². The van der Waals surface area contributed by atoms with Gasteiger partial charge in [-0.1, -0.05) is 51.0 Å². The first-order valence-corrected chi connectivity index (χ1v) is 29.4. The molecule has 80 heavy (non-hydrogen) atoms. The number of carbonyl (C=O) groups is 1. The Morgan fingerprint density at radius 2 is 1.34 bits per heavy atom. The Morgan fingerprint density at radius 3 is 1.95 bits per heavy atom. The molecule has 9 rings (SSSR count). The fourth-order valence-corrected chi connectivity index (χ4v) is 16.6. The van der Waals surface area contributed by atoms with E-state index in [1.54, 1.807) is 0 Å². The van der Waals surface area contributed by atoms with Gasteiger partial charge in [0.1, 0.15) is 96.5 Å². The van der Waals surface area contributed by atoms with Crippen molar-refractivity contribution in [3.8, 4) is 0 Å². The van der Waals surface area contributed by atoms with Crippen LogP contribution >= 0.6 is 0 Å². The molecule has 0 aromatic rings. The van der Waals surface area contributed by atoms with Gasteiger partial charge in [-0.05, 0) is 102 Å². The first kappa shape index (κ1) is 62.6. The highest BCUT2D eigenvalue weighted by Crippen LogP contribution is 2.76. The summed E-state index contributed by atoms with van der Waals surface area (Å²) in [5, 5.41) is 112. The summed E-state index contributed by atoms with van der Waals surface area (Å²) in [6, 6.07) is 0. The van der Waals surface area contributed by atoms with E-state index in [1.807, 2.05) is 20.8 Å². The van der Waals surface area contributed by atoms with Gasteiger partial charge in [0.2, 0.25) is 10.4 Å². The molecule has 4 aliphatic carbocycles. The van der Waals surface area contributed by atoms with Crippen molar-refractivity contribution in [3.05, 3.63) is 23.3 Å². The molecular weight excluding hydrogens is 1080 g/mol. The normalized spacial score (nSPS) is 51.0. The minimum Gasteiger partial charge on any atom is -0.726 e. The van der Waals surface area contributed by atoms with Gasteiger partial charge >= 0.3 is 5.97 Å². The molecule has 10 N–H and O–H groups in total. The van der Waals surface area contributed by atoms with Gasteiger partial charge in [0, 0.05) is 18.4 Å². The molecule has 28 atom stereocenters. The topological polar surface area (TPSA) is 378 Å². The number of rotatable bonds is 16. The maximum Gasteiger partial charge on any atom is 0.316 e. The summed E-state index contributed by atoms with van der Waals surface area (Å²) in [7, 11) is -4.24. The minimum atomic E-state index is -5.42. The van der Waals surface area contributed by atoms with E-state index in [4.69, 9.17) is 47.4 Å². The molecule has 5 saturated heterocycles. The van der Waals surface area contributed by atoms with Crippen molar-refractivity contribution in [1.82, 2.24) is 0 Å². The lowest BCUT2D eigenvalue weighted by Crippen LogP contribution is -2.67. The van der Waals surface area contributed by atoms with Gasteiger partial charge in [0.15, 0.2) is 25.2 Å². The highest BCUT2D eigenvalue weighted by molar-refractivity contribution is 7.80. The first-order valence-electron chi connectivity index (χ1n) is 28.0. The number of hydrogen-bond donors (Lipinski definition) is 10. The van der Waals surface area contributed by atoms with Crippen molar-refractivity contribution in [2.24, 2.45) is 39.4 Å². The molecule has 0 amide bonds. The van der Waals surface area contributed by atoms with Crippen LogP contribution in [0.5, 0.6) is 0 Å². The van der Waals surface area contributed by atoms with E-state index in [0.29, 0.717) is 32.1 Å². The van der Waals surface area contributed by atoms with Crippen LogP contribution in [0.1, 0.15) is 107 Å². The van der Waals surface area contributed by atoms with Crippen LogP contribution in [-0.2, 0) is 66.7 Å². The van der Waals surface area contributed by atoms with Gasteiger partial charge in [-0.2, -0.15) is 0 Å². The number of ether oxygens (including phenoxy) is 10. The highest BCUT2D eigenvalue weighted by atomic mass is 32.3. The average molecular weight is 1170 g/mol. The van der Waals surface area contributed by atoms with Crippen LogP contribution in [0, 0.1) is 39.4 Å². The number of carbonyl (C=O) groups excluding carboxylic acids is 1. The first-order chi connectivity index (χ1) is 37.4. The van der Waals surface area contributed by atoms with Gasteiger partial charge in [0.05, 0.1) is 38.1 Å². The lowest BCUT2D eigenvalue weighted by molar-refractivity contribution is -0.389. The second kappa shape index (κ2) is 23.1. The van der Waals surface area contributed by atoms with Crippen LogP contribution in [-0.4, -0.2) is 231 Å². The summed E-state index contributed by atoms with van der Waals surface area (Å²) in [6.45, 7) is 13.8. The van der Waals surface area contributed by atoms with Crippen LogP contribution in [0.25, 0.3) is 0 Å². The van der Waals surface area contributed by atoms with Crippen LogP contribution in [0.4, 0.5) is 0 Å². The van der Waals surface area contributed by atoms with Crippen molar-refractivity contribution < 1.29 is 120 Å². The zero-order valence-electron chi connectivity index (χ0n) is 46.8. The van der Waals surface area contributed by atoms with E-state index in [1.165, 1.54) is 25.2 Å². The third-order valence-electron chi connectivity index (χ3n) is 20.3. The molecule has 5 aliphatic heterocycles. The van der Waals surface area contributed by atoms with E-state index in [9.17, 15) is 68.8 Å². The summed E-state index contributed by atoms with van der Waals surface area (Å²) < 4.78 is 99.9. The van der Waals surface area contributed by atoms with Crippen LogP contribution in [0.3, 0.4) is 0 Å². The predicted octanol–water partition coefficient (Wildman–Crippen LogP) is -0.933. The van der Waals surface area contributed by atoms with Crippen molar-refractivity contribution >= 4 is 16.4 Å². The summed E-state index contributed by atoms with van der Waals surface area (Å²) >= 11 is 0. The molecule has 1 spiro atoms. The number of allylic oxidation sites excluding steroid dienone is 4. The molecule has 0 aromatic carbocycles. The van der Waals surface area contributed by atoms with Crippen LogP contribution < -0.4 is 0 Å². The number of aliphatic hydroxyl groups excluding tert-OH is 10. The molecule has 0 radical (unpaired) electrons. The Hall–Kier alpha value is -1.94. The van der Waals surface area contributed by atoms with Crippen molar-refractivity contribution in [1.29, 1.82) is 0 Å². The second-order valence-corrected chi connectivity index (χ2v) is 26.4. The second-order valence-electron chi connectivity index (χ2n) is 25.4. The van der Waals surface area contributed by atoms with Crippen LogP contribution in [0.15, 0.2) is 23.3 Å². The molecule has 9 aliphatic rings. The number of esters is 1. The van der Waals surface area contributed by atoms with E-state index in [2.05, 4.69) is 44.0 Å². The van der Waals surface area contributed by atoms with Gasteiger partial charge < -0.3 is 103 Å². The molecule has 28 unspecified atom stereocenters. The summed E-state index contributed by atoms with van der Waals surface area (Å²) in [6.07, 6.45) is -24.4. The van der Waals surface area contributed by atoms with E-state index >= 15 is 0 Å². The molecule has 458 valence electrons. The van der Waals surface area contributed by atoms with Gasteiger partial charge in [-0.3, -0.25) is 8.98 Å². The van der Waals surface area contributed by atoms with Crippen molar-refractivity contribution in [2.45, 2.75) is 241 Å². The number of methoxy groups -OCH3 is 1. The average Bonchev–Trinajstić information content (AvgIpc) is 3.90. The highest BCUT2D eigenvalue weighted by Gasteiger charge is 2.79. The molecule has 3 saturated carbocycles.